The predicted octanol–water partition coefficient (Wildman–Crippen LogP) is -0.699. The predicted molar refractivity (Wildman–Crippen MR) is 72.4 cm³/mol. The van der Waals surface area contributed by atoms with E-state index in [1.807, 2.05) is 0 Å². The van der Waals surface area contributed by atoms with Gasteiger partial charge in [-0.25, -0.2) is 4.79 Å². The van der Waals surface area contributed by atoms with Crippen LogP contribution in [0.25, 0.3) is 0 Å². The van der Waals surface area contributed by atoms with Crippen molar-refractivity contribution in [1.29, 1.82) is 0 Å². The molecule has 7 heteroatoms. The van der Waals surface area contributed by atoms with Gasteiger partial charge in [0.25, 0.3) is 0 Å². The second-order valence-corrected chi connectivity index (χ2v) is 4.64. The van der Waals surface area contributed by atoms with E-state index in [0.29, 0.717) is 12.2 Å². The van der Waals surface area contributed by atoms with Gasteiger partial charge < -0.3 is 15.7 Å². The molecule has 1 aromatic heterocycles. The topological polar surface area (TPSA) is 94.6 Å². The van der Waals surface area contributed by atoms with E-state index in [-0.39, 0.29) is 18.0 Å². The Morgan fingerprint density at radius 3 is 2.85 bits per heavy atom. The summed E-state index contributed by atoms with van der Waals surface area (Å²) in [6, 6.07) is 2.89. The minimum atomic E-state index is -0.999. The first kappa shape index (κ1) is 14.4. The van der Waals surface area contributed by atoms with Gasteiger partial charge in [-0.3, -0.25) is 14.7 Å². The number of hydrogen-bond donors (Lipinski definition) is 3. The Labute approximate surface area is 117 Å². The number of rotatable bonds is 5. The first-order valence-electron chi connectivity index (χ1n) is 6.53. The van der Waals surface area contributed by atoms with Gasteiger partial charge in [0, 0.05) is 32.4 Å². The van der Waals surface area contributed by atoms with Crippen molar-refractivity contribution >= 4 is 11.9 Å². The second-order valence-electron chi connectivity index (χ2n) is 4.64. The third-order valence-corrected chi connectivity index (χ3v) is 3.11. The Kier molecular flexibility index (Phi) is 5.03. The maximum absolute atomic E-state index is 11.8. The molecule has 1 aliphatic rings. The van der Waals surface area contributed by atoms with Crippen molar-refractivity contribution in [2.45, 2.75) is 6.54 Å². The summed E-state index contributed by atoms with van der Waals surface area (Å²) in [4.78, 5) is 28.7. The van der Waals surface area contributed by atoms with E-state index < -0.39 is 5.97 Å². The largest absolute Gasteiger partial charge is 0.478 e. The lowest BCUT2D eigenvalue weighted by atomic mass is 10.2. The Hall–Kier alpha value is -1.99. The summed E-state index contributed by atoms with van der Waals surface area (Å²) < 4.78 is 0. The number of amides is 1. The summed E-state index contributed by atoms with van der Waals surface area (Å²) in [7, 11) is 0. The quantitative estimate of drug-likeness (QED) is 0.659. The molecule has 0 saturated carbocycles. The van der Waals surface area contributed by atoms with Gasteiger partial charge in [-0.15, -0.1) is 0 Å². The first-order valence-corrected chi connectivity index (χ1v) is 6.53. The lowest BCUT2D eigenvalue weighted by Gasteiger charge is -2.26. The molecular weight excluding hydrogens is 260 g/mol. The summed E-state index contributed by atoms with van der Waals surface area (Å²) in [5.74, 6) is -1.07. The van der Waals surface area contributed by atoms with Gasteiger partial charge in [-0.05, 0) is 12.1 Å². The molecule has 0 bridgehead atoms. The summed E-state index contributed by atoms with van der Waals surface area (Å²) >= 11 is 0. The van der Waals surface area contributed by atoms with Crippen LogP contribution in [0.15, 0.2) is 18.3 Å². The first-order chi connectivity index (χ1) is 9.65. The highest BCUT2D eigenvalue weighted by Crippen LogP contribution is 2.01. The van der Waals surface area contributed by atoms with E-state index in [9.17, 15) is 9.59 Å². The fourth-order valence-electron chi connectivity index (χ4n) is 2.03. The Balaban J connectivity index is 1.80. The molecule has 2 rings (SSSR count). The molecule has 1 fully saturated rings. The number of aromatic nitrogens is 1. The van der Waals surface area contributed by atoms with Gasteiger partial charge >= 0.3 is 5.97 Å². The number of pyridine rings is 1. The van der Waals surface area contributed by atoms with E-state index in [1.165, 1.54) is 18.3 Å². The average Bonchev–Trinajstić information content (AvgIpc) is 2.46. The molecule has 2 heterocycles. The molecule has 0 spiro atoms. The molecule has 7 nitrogen and oxygen atoms in total. The van der Waals surface area contributed by atoms with Gasteiger partial charge in [-0.1, -0.05) is 0 Å². The maximum Gasteiger partial charge on any atom is 0.335 e. The molecule has 1 aliphatic heterocycles. The third kappa shape index (κ3) is 4.29. The zero-order chi connectivity index (χ0) is 14.4. The molecule has 20 heavy (non-hydrogen) atoms. The van der Waals surface area contributed by atoms with Crippen molar-refractivity contribution in [1.82, 2.24) is 20.5 Å². The molecule has 1 saturated heterocycles. The number of piperazine rings is 1. The summed E-state index contributed by atoms with van der Waals surface area (Å²) in [5.41, 5.74) is 0.713. The van der Waals surface area contributed by atoms with Crippen molar-refractivity contribution < 1.29 is 14.7 Å². The molecule has 0 atom stereocenters. The minimum Gasteiger partial charge on any atom is -0.478 e. The van der Waals surface area contributed by atoms with Gasteiger partial charge in [0.15, 0.2) is 0 Å². The van der Waals surface area contributed by atoms with Crippen molar-refractivity contribution in [2.75, 3.05) is 32.7 Å². The van der Waals surface area contributed by atoms with Crippen LogP contribution >= 0.6 is 0 Å². The van der Waals surface area contributed by atoms with Crippen LogP contribution in [0, 0.1) is 0 Å². The zero-order valence-corrected chi connectivity index (χ0v) is 11.1. The van der Waals surface area contributed by atoms with Gasteiger partial charge in [0.2, 0.25) is 5.91 Å². The van der Waals surface area contributed by atoms with Crippen molar-refractivity contribution in [3.63, 3.8) is 0 Å². The van der Waals surface area contributed by atoms with Crippen LogP contribution < -0.4 is 10.6 Å². The Morgan fingerprint density at radius 2 is 2.15 bits per heavy atom. The smallest absolute Gasteiger partial charge is 0.335 e. The zero-order valence-electron chi connectivity index (χ0n) is 11.1. The third-order valence-electron chi connectivity index (χ3n) is 3.11. The van der Waals surface area contributed by atoms with Crippen LogP contribution in [0.2, 0.25) is 0 Å². The number of carbonyl (C=O) groups excluding carboxylic acids is 1. The maximum atomic E-state index is 11.8. The van der Waals surface area contributed by atoms with Crippen molar-refractivity contribution in [3.05, 3.63) is 29.6 Å². The monoisotopic (exact) mass is 278 g/mol. The van der Waals surface area contributed by atoms with E-state index in [2.05, 4.69) is 20.5 Å². The molecule has 0 aromatic carbocycles. The normalized spacial score (nSPS) is 15.8. The van der Waals surface area contributed by atoms with Gasteiger partial charge in [0.05, 0.1) is 24.3 Å². The van der Waals surface area contributed by atoms with Crippen LogP contribution in [0.1, 0.15) is 16.1 Å². The number of nitrogens with one attached hydrogen (secondary N) is 2. The standard InChI is InChI=1S/C13H18N4O3/c18-12(9-17-5-3-14-4-6-17)16-8-11-7-10(13(19)20)1-2-15-11/h1-2,7,14H,3-6,8-9H2,(H,16,18)(H,19,20). The molecule has 1 amide bonds. The number of nitrogens with zero attached hydrogens (tertiary/aromatic N) is 2. The molecule has 1 aromatic rings. The summed E-state index contributed by atoms with van der Waals surface area (Å²) in [5, 5.41) is 14.9. The van der Waals surface area contributed by atoms with Gasteiger partial charge in [-0.2, -0.15) is 0 Å². The highest BCUT2D eigenvalue weighted by Gasteiger charge is 2.13. The van der Waals surface area contributed by atoms with Crippen molar-refractivity contribution in [2.24, 2.45) is 0 Å². The fourth-order valence-corrected chi connectivity index (χ4v) is 2.03. The second kappa shape index (κ2) is 6.97. The molecule has 3 N–H and O–H groups in total. The number of carbonyl (C=O) groups is 2. The van der Waals surface area contributed by atoms with Crippen LogP contribution in [-0.2, 0) is 11.3 Å². The van der Waals surface area contributed by atoms with Crippen LogP contribution in [-0.4, -0.2) is 59.6 Å². The molecule has 0 unspecified atom stereocenters. The van der Waals surface area contributed by atoms with Crippen LogP contribution in [0.5, 0.6) is 0 Å². The molecule has 108 valence electrons. The Bertz CT molecular complexity index is 486. The fraction of sp³-hybridized carbons (Fsp3) is 0.462. The van der Waals surface area contributed by atoms with Crippen LogP contribution in [0.3, 0.4) is 0 Å². The van der Waals surface area contributed by atoms with Gasteiger partial charge in [0.1, 0.15) is 0 Å². The SMILES string of the molecule is O=C(CN1CCNCC1)NCc1cc(C(=O)O)ccn1. The summed E-state index contributed by atoms with van der Waals surface area (Å²) in [6.07, 6.45) is 1.43. The lowest BCUT2D eigenvalue weighted by Crippen LogP contribution is -2.47. The van der Waals surface area contributed by atoms with E-state index in [0.717, 1.165) is 26.2 Å². The molecular formula is C13H18N4O3. The van der Waals surface area contributed by atoms with Crippen LogP contribution in [0.4, 0.5) is 0 Å². The molecule has 0 radical (unpaired) electrons. The molecule has 0 aliphatic carbocycles. The van der Waals surface area contributed by atoms with E-state index in [4.69, 9.17) is 5.11 Å². The highest BCUT2D eigenvalue weighted by atomic mass is 16.4. The summed E-state index contributed by atoms with van der Waals surface area (Å²) in [6.45, 7) is 4.12. The average molecular weight is 278 g/mol. The lowest BCUT2D eigenvalue weighted by molar-refractivity contribution is -0.122. The minimum absolute atomic E-state index is 0.0746. The number of carboxylic acid groups (broad SMARTS) is 1. The Morgan fingerprint density at radius 1 is 1.40 bits per heavy atom. The highest BCUT2D eigenvalue weighted by molar-refractivity contribution is 5.87. The number of aromatic carboxylic acids is 1. The number of hydrogen-bond acceptors (Lipinski definition) is 5. The van der Waals surface area contributed by atoms with E-state index >= 15 is 0 Å². The van der Waals surface area contributed by atoms with Crippen molar-refractivity contribution in [3.8, 4) is 0 Å². The van der Waals surface area contributed by atoms with E-state index in [1.54, 1.807) is 0 Å². The number of carboxylic acids is 1.